The fourth-order valence-electron chi connectivity index (χ4n) is 2.53. The molecule has 1 heterocycles. The van der Waals surface area contributed by atoms with E-state index in [0.717, 1.165) is 16.3 Å². The molecule has 0 bridgehead atoms. The lowest BCUT2D eigenvalue weighted by atomic mass is 10.1. The molecule has 2 aromatic rings. The molecule has 1 aliphatic carbocycles. The van der Waals surface area contributed by atoms with Gasteiger partial charge in [0.15, 0.2) is 0 Å². The van der Waals surface area contributed by atoms with Crippen molar-refractivity contribution in [3.8, 4) is 11.3 Å². The quantitative estimate of drug-likeness (QED) is 0.888. The first kappa shape index (κ1) is 13.7. The lowest BCUT2D eigenvalue weighted by Gasteiger charge is -2.20. The number of hydrogen-bond acceptors (Lipinski definition) is 4. The Morgan fingerprint density at radius 3 is 2.75 bits per heavy atom. The second-order valence-electron chi connectivity index (χ2n) is 5.30. The van der Waals surface area contributed by atoms with Crippen LogP contribution in [0, 0.1) is 5.92 Å². The van der Waals surface area contributed by atoms with Crippen LogP contribution in [0.25, 0.3) is 11.3 Å². The molecule has 4 heteroatoms. The van der Waals surface area contributed by atoms with Crippen molar-refractivity contribution in [2.75, 3.05) is 7.11 Å². The first-order valence-electron chi connectivity index (χ1n) is 6.98. The van der Waals surface area contributed by atoms with Crippen LogP contribution in [-0.2, 0) is 11.2 Å². The van der Waals surface area contributed by atoms with Crippen molar-refractivity contribution in [3.63, 3.8) is 0 Å². The van der Waals surface area contributed by atoms with Crippen molar-refractivity contribution < 1.29 is 9.84 Å². The highest BCUT2D eigenvalue weighted by Gasteiger charge is 2.36. The Morgan fingerprint density at radius 2 is 2.10 bits per heavy atom. The zero-order valence-corrected chi connectivity index (χ0v) is 12.3. The van der Waals surface area contributed by atoms with Gasteiger partial charge in [-0.3, -0.25) is 0 Å². The van der Waals surface area contributed by atoms with E-state index < -0.39 is 6.10 Å². The number of hydrogen-bond donors (Lipinski definition) is 1. The molecule has 2 atom stereocenters. The summed E-state index contributed by atoms with van der Waals surface area (Å²) in [6, 6.07) is 10.1. The van der Waals surface area contributed by atoms with E-state index >= 15 is 0 Å². The van der Waals surface area contributed by atoms with Crippen LogP contribution in [0.1, 0.15) is 17.8 Å². The molecule has 0 amide bonds. The van der Waals surface area contributed by atoms with Gasteiger partial charge in [-0.1, -0.05) is 30.3 Å². The summed E-state index contributed by atoms with van der Waals surface area (Å²) in [5.41, 5.74) is 2.10. The van der Waals surface area contributed by atoms with Crippen LogP contribution < -0.4 is 0 Å². The van der Waals surface area contributed by atoms with Gasteiger partial charge >= 0.3 is 0 Å². The minimum atomic E-state index is -0.456. The largest absolute Gasteiger partial charge is 0.390 e. The van der Waals surface area contributed by atoms with Crippen LogP contribution in [0.5, 0.6) is 0 Å². The highest BCUT2D eigenvalue weighted by atomic mass is 32.1. The molecule has 0 spiro atoms. The van der Waals surface area contributed by atoms with Crippen molar-refractivity contribution in [1.82, 2.24) is 4.98 Å². The molecule has 0 radical (unpaired) electrons. The van der Waals surface area contributed by atoms with Gasteiger partial charge in [0.25, 0.3) is 0 Å². The normalized spacial score (nSPS) is 17.9. The van der Waals surface area contributed by atoms with Crippen molar-refractivity contribution in [3.05, 3.63) is 40.7 Å². The number of aromatic nitrogens is 1. The van der Waals surface area contributed by atoms with Gasteiger partial charge in [0.1, 0.15) is 0 Å². The third-order valence-corrected chi connectivity index (χ3v) is 4.61. The average Bonchev–Trinajstić information content (AvgIpc) is 3.19. The fraction of sp³-hybridized carbons (Fsp3) is 0.438. The Kier molecular flexibility index (Phi) is 4.15. The molecular weight excluding hydrogens is 270 g/mol. The molecule has 0 aliphatic heterocycles. The van der Waals surface area contributed by atoms with Crippen LogP contribution in [0.2, 0.25) is 0 Å². The van der Waals surface area contributed by atoms with Crippen LogP contribution in [0.15, 0.2) is 35.7 Å². The molecule has 3 rings (SSSR count). The van der Waals surface area contributed by atoms with Gasteiger partial charge in [0.05, 0.1) is 22.9 Å². The highest BCUT2D eigenvalue weighted by Crippen LogP contribution is 2.36. The van der Waals surface area contributed by atoms with E-state index in [1.807, 2.05) is 18.2 Å². The van der Waals surface area contributed by atoms with Crippen molar-refractivity contribution in [1.29, 1.82) is 0 Å². The molecule has 1 aliphatic rings. The Balaban J connectivity index is 1.68. The number of benzene rings is 1. The average molecular weight is 289 g/mol. The Morgan fingerprint density at radius 1 is 1.35 bits per heavy atom. The standard InChI is InChI=1S/C16H19NO2S/c1-19-16(12-7-8-12)14(18)9-15-17-13(10-20-15)11-5-3-2-4-6-11/h2-6,10,12,14,16,18H,7-9H2,1H3. The predicted molar refractivity (Wildman–Crippen MR) is 80.8 cm³/mol. The van der Waals surface area contributed by atoms with Crippen LogP contribution >= 0.6 is 11.3 Å². The summed E-state index contributed by atoms with van der Waals surface area (Å²) in [6.45, 7) is 0. The minimum absolute atomic E-state index is 0.0425. The van der Waals surface area contributed by atoms with E-state index in [2.05, 4.69) is 22.5 Å². The van der Waals surface area contributed by atoms with E-state index in [0.29, 0.717) is 12.3 Å². The van der Waals surface area contributed by atoms with Crippen molar-refractivity contribution >= 4 is 11.3 Å². The van der Waals surface area contributed by atoms with Crippen LogP contribution in [0.3, 0.4) is 0 Å². The molecule has 3 nitrogen and oxygen atoms in total. The SMILES string of the molecule is COC(C(O)Cc1nc(-c2ccccc2)cs1)C1CC1. The molecule has 20 heavy (non-hydrogen) atoms. The maximum Gasteiger partial charge on any atom is 0.0959 e. The van der Waals surface area contributed by atoms with E-state index in [1.165, 1.54) is 12.8 Å². The zero-order chi connectivity index (χ0) is 13.9. The third-order valence-electron chi connectivity index (χ3n) is 3.74. The summed E-state index contributed by atoms with van der Waals surface area (Å²) in [5, 5.41) is 13.3. The topological polar surface area (TPSA) is 42.4 Å². The number of rotatable bonds is 6. The van der Waals surface area contributed by atoms with Gasteiger partial charge in [0, 0.05) is 24.5 Å². The van der Waals surface area contributed by atoms with Crippen LogP contribution in [0.4, 0.5) is 0 Å². The summed E-state index contributed by atoms with van der Waals surface area (Å²) in [6.07, 6.45) is 2.42. The summed E-state index contributed by atoms with van der Waals surface area (Å²) < 4.78 is 5.43. The molecule has 1 aromatic carbocycles. The van der Waals surface area contributed by atoms with E-state index in [-0.39, 0.29) is 6.10 Å². The van der Waals surface area contributed by atoms with Crippen molar-refractivity contribution in [2.24, 2.45) is 5.92 Å². The van der Waals surface area contributed by atoms with E-state index in [4.69, 9.17) is 4.74 Å². The van der Waals surface area contributed by atoms with E-state index in [9.17, 15) is 5.11 Å². The maximum atomic E-state index is 10.3. The van der Waals surface area contributed by atoms with Gasteiger partial charge in [-0.25, -0.2) is 4.98 Å². The minimum Gasteiger partial charge on any atom is -0.390 e. The van der Waals surface area contributed by atoms with E-state index in [1.54, 1.807) is 18.4 Å². The number of thiazole rings is 1. The maximum absolute atomic E-state index is 10.3. The Labute approximate surface area is 123 Å². The number of methoxy groups -OCH3 is 1. The second-order valence-corrected chi connectivity index (χ2v) is 6.24. The smallest absolute Gasteiger partial charge is 0.0959 e. The molecule has 1 saturated carbocycles. The highest BCUT2D eigenvalue weighted by molar-refractivity contribution is 7.09. The second kappa shape index (κ2) is 6.04. The number of aliphatic hydroxyl groups excluding tert-OH is 1. The fourth-order valence-corrected chi connectivity index (χ4v) is 3.38. The number of aliphatic hydroxyl groups is 1. The zero-order valence-electron chi connectivity index (χ0n) is 11.5. The third kappa shape index (κ3) is 3.08. The Hall–Kier alpha value is -1.23. The predicted octanol–water partition coefficient (Wildman–Crippen LogP) is 3.14. The lowest BCUT2D eigenvalue weighted by molar-refractivity contribution is -0.0237. The molecule has 1 aromatic heterocycles. The summed E-state index contributed by atoms with van der Waals surface area (Å²) in [7, 11) is 1.68. The monoisotopic (exact) mass is 289 g/mol. The Bertz CT molecular complexity index is 551. The van der Waals surface area contributed by atoms with Gasteiger partial charge in [-0.15, -0.1) is 11.3 Å². The first-order valence-corrected chi connectivity index (χ1v) is 7.86. The summed E-state index contributed by atoms with van der Waals surface area (Å²) in [4.78, 5) is 4.62. The molecule has 1 fully saturated rings. The van der Waals surface area contributed by atoms with Gasteiger partial charge in [0.2, 0.25) is 0 Å². The molecule has 2 unspecified atom stereocenters. The number of nitrogens with zero attached hydrogens (tertiary/aromatic N) is 1. The van der Waals surface area contributed by atoms with Gasteiger partial charge < -0.3 is 9.84 Å². The van der Waals surface area contributed by atoms with Crippen molar-refractivity contribution in [2.45, 2.75) is 31.5 Å². The molecular formula is C16H19NO2S. The molecule has 106 valence electrons. The number of ether oxygens (including phenoxy) is 1. The first-order chi connectivity index (χ1) is 9.78. The lowest BCUT2D eigenvalue weighted by Crippen LogP contribution is -2.31. The summed E-state index contributed by atoms with van der Waals surface area (Å²) >= 11 is 1.61. The van der Waals surface area contributed by atoms with Gasteiger partial charge in [-0.05, 0) is 18.8 Å². The van der Waals surface area contributed by atoms with Gasteiger partial charge in [-0.2, -0.15) is 0 Å². The van der Waals surface area contributed by atoms with Crippen LogP contribution in [-0.4, -0.2) is 29.4 Å². The summed E-state index contributed by atoms with van der Waals surface area (Å²) in [5.74, 6) is 0.531. The molecule has 0 saturated heterocycles. The molecule has 1 N–H and O–H groups in total.